The molecule has 0 saturated carbocycles. The molecule has 0 spiro atoms. The van der Waals surface area contributed by atoms with Crippen molar-refractivity contribution in [2.75, 3.05) is 0 Å². The van der Waals surface area contributed by atoms with Gasteiger partial charge in [0, 0.05) is 29.4 Å². The van der Waals surface area contributed by atoms with Crippen LogP contribution in [0.4, 0.5) is 0 Å². The lowest BCUT2D eigenvalue weighted by molar-refractivity contribution is 0.661. The van der Waals surface area contributed by atoms with Gasteiger partial charge in [-0.2, -0.15) is 5.26 Å². The third kappa shape index (κ3) is 2.90. The number of rotatable bonds is 5. The molecular formula is C23H25N3. The van der Waals surface area contributed by atoms with E-state index in [0.717, 1.165) is 31.4 Å². The Kier molecular flexibility index (Phi) is 4.75. The third-order valence-corrected chi connectivity index (χ3v) is 5.52. The van der Waals surface area contributed by atoms with Gasteiger partial charge in [-0.3, -0.25) is 4.98 Å². The van der Waals surface area contributed by atoms with E-state index < -0.39 is 0 Å². The molecule has 0 atom stereocenters. The zero-order chi connectivity index (χ0) is 17.9. The highest BCUT2D eigenvalue weighted by molar-refractivity contribution is 5.93. The maximum Gasteiger partial charge on any atom is 0.0992 e. The fourth-order valence-electron chi connectivity index (χ4n) is 4.27. The molecule has 132 valence electrons. The number of nitriles is 1. The van der Waals surface area contributed by atoms with Crippen molar-refractivity contribution >= 4 is 10.9 Å². The lowest BCUT2D eigenvalue weighted by atomic mass is 9.98. The smallest absolute Gasteiger partial charge is 0.0992 e. The van der Waals surface area contributed by atoms with Gasteiger partial charge in [-0.05, 0) is 55.5 Å². The van der Waals surface area contributed by atoms with Crippen LogP contribution in [0.3, 0.4) is 0 Å². The summed E-state index contributed by atoms with van der Waals surface area (Å²) in [5, 5.41) is 10.7. The molecule has 3 heteroatoms. The maximum absolute atomic E-state index is 9.35. The van der Waals surface area contributed by atoms with Gasteiger partial charge in [0.15, 0.2) is 0 Å². The number of unbranched alkanes of at least 4 members (excludes halogenated alkanes) is 3. The number of aryl methyl sites for hydroxylation is 3. The molecule has 0 radical (unpaired) electrons. The molecule has 0 amide bonds. The molecule has 1 aromatic carbocycles. The predicted molar refractivity (Wildman–Crippen MR) is 106 cm³/mol. The van der Waals surface area contributed by atoms with Crippen LogP contribution in [0.5, 0.6) is 0 Å². The highest BCUT2D eigenvalue weighted by atomic mass is 15.0. The molecule has 0 saturated heterocycles. The zero-order valence-corrected chi connectivity index (χ0v) is 15.5. The van der Waals surface area contributed by atoms with Crippen molar-refractivity contribution in [2.45, 2.75) is 58.4 Å². The topological polar surface area (TPSA) is 41.6 Å². The lowest BCUT2D eigenvalue weighted by Gasteiger charge is -2.10. The summed E-state index contributed by atoms with van der Waals surface area (Å²) in [6, 6.07) is 12.8. The van der Waals surface area contributed by atoms with Crippen LogP contribution in [0.2, 0.25) is 0 Å². The number of hydrogen-bond donors (Lipinski definition) is 0. The van der Waals surface area contributed by atoms with Crippen LogP contribution in [0.1, 0.15) is 55.8 Å². The number of nitrogens with zero attached hydrogens (tertiary/aromatic N) is 3. The van der Waals surface area contributed by atoms with E-state index >= 15 is 0 Å². The molecule has 1 aliphatic rings. The molecule has 4 rings (SSSR count). The van der Waals surface area contributed by atoms with Crippen LogP contribution >= 0.6 is 0 Å². The Morgan fingerprint density at radius 3 is 2.96 bits per heavy atom. The molecule has 0 fully saturated rings. The average molecular weight is 343 g/mol. The first kappa shape index (κ1) is 16.8. The Balaban J connectivity index is 1.91. The summed E-state index contributed by atoms with van der Waals surface area (Å²) in [4.78, 5) is 4.67. The molecule has 0 aliphatic carbocycles. The highest BCUT2D eigenvalue weighted by Crippen LogP contribution is 2.38. The number of hydrogen-bond acceptors (Lipinski definition) is 2. The SMILES string of the molecule is CCCCCCc1c2n(c3cc(C#N)ccc13)CCCc1ncccc1-2. The zero-order valence-electron chi connectivity index (χ0n) is 15.5. The van der Waals surface area contributed by atoms with Crippen molar-refractivity contribution in [3.05, 3.63) is 53.3 Å². The summed E-state index contributed by atoms with van der Waals surface area (Å²) in [7, 11) is 0. The first-order chi connectivity index (χ1) is 12.8. The van der Waals surface area contributed by atoms with E-state index in [1.54, 1.807) is 0 Å². The summed E-state index contributed by atoms with van der Waals surface area (Å²) in [5.74, 6) is 0. The van der Waals surface area contributed by atoms with Crippen LogP contribution in [0.15, 0.2) is 36.5 Å². The van der Waals surface area contributed by atoms with Gasteiger partial charge in [0.05, 0.1) is 22.8 Å². The summed E-state index contributed by atoms with van der Waals surface area (Å²) >= 11 is 0. The first-order valence-electron chi connectivity index (χ1n) is 9.83. The minimum atomic E-state index is 0.742. The molecule has 3 heterocycles. The lowest BCUT2D eigenvalue weighted by Crippen LogP contribution is -1.99. The highest BCUT2D eigenvalue weighted by Gasteiger charge is 2.23. The number of aromatic nitrogens is 2. The number of pyridine rings is 1. The third-order valence-electron chi connectivity index (χ3n) is 5.52. The van der Waals surface area contributed by atoms with Gasteiger partial charge >= 0.3 is 0 Å². The Hall–Kier alpha value is -2.60. The maximum atomic E-state index is 9.35. The quantitative estimate of drug-likeness (QED) is 0.562. The van der Waals surface area contributed by atoms with E-state index in [0.29, 0.717) is 0 Å². The van der Waals surface area contributed by atoms with Crippen LogP contribution < -0.4 is 0 Å². The molecule has 0 bridgehead atoms. The molecule has 0 unspecified atom stereocenters. The largest absolute Gasteiger partial charge is 0.340 e. The van der Waals surface area contributed by atoms with Crippen molar-refractivity contribution in [1.82, 2.24) is 9.55 Å². The van der Waals surface area contributed by atoms with Gasteiger partial charge in [0.1, 0.15) is 0 Å². The minimum absolute atomic E-state index is 0.742. The monoisotopic (exact) mass is 343 g/mol. The minimum Gasteiger partial charge on any atom is -0.340 e. The molecule has 3 aromatic rings. The van der Waals surface area contributed by atoms with Crippen molar-refractivity contribution < 1.29 is 0 Å². The Morgan fingerprint density at radius 2 is 2.12 bits per heavy atom. The fourth-order valence-corrected chi connectivity index (χ4v) is 4.27. The van der Waals surface area contributed by atoms with Crippen LogP contribution in [0.25, 0.3) is 22.2 Å². The summed E-state index contributed by atoms with van der Waals surface area (Å²) in [5.41, 5.74) is 7.23. The summed E-state index contributed by atoms with van der Waals surface area (Å²) in [6.07, 6.45) is 10.2. The molecular weight excluding hydrogens is 318 g/mol. The Labute approximate surface area is 155 Å². The van der Waals surface area contributed by atoms with Crippen molar-refractivity contribution in [2.24, 2.45) is 0 Å². The second-order valence-electron chi connectivity index (χ2n) is 7.23. The summed E-state index contributed by atoms with van der Waals surface area (Å²) in [6.45, 7) is 3.25. The number of fused-ring (bicyclic) bond motifs is 5. The van der Waals surface area contributed by atoms with Crippen molar-refractivity contribution in [1.29, 1.82) is 5.26 Å². The van der Waals surface area contributed by atoms with E-state index in [2.05, 4.69) is 40.7 Å². The van der Waals surface area contributed by atoms with E-state index in [1.807, 2.05) is 18.3 Å². The fraction of sp³-hybridized carbons (Fsp3) is 0.391. The molecule has 1 aliphatic heterocycles. The van der Waals surface area contributed by atoms with E-state index in [-0.39, 0.29) is 0 Å². The molecule has 0 N–H and O–H groups in total. The van der Waals surface area contributed by atoms with E-state index in [1.165, 1.54) is 59.1 Å². The predicted octanol–water partition coefficient (Wildman–Crippen LogP) is 5.64. The Bertz CT molecular complexity index is 975. The van der Waals surface area contributed by atoms with E-state index in [9.17, 15) is 5.26 Å². The van der Waals surface area contributed by atoms with Gasteiger partial charge in [0.25, 0.3) is 0 Å². The van der Waals surface area contributed by atoms with E-state index in [4.69, 9.17) is 0 Å². The van der Waals surface area contributed by atoms with Crippen molar-refractivity contribution in [3.63, 3.8) is 0 Å². The standard InChI is InChI=1S/C23H25N3/c1-2-3-4-5-8-19-18-12-11-17(16-24)15-22(18)26-14-7-10-21-20(23(19)26)9-6-13-25-21/h6,9,11-13,15H,2-5,7-8,10,14H2,1H3. The number of benzene rings is 1. The molecule has 2 aromatic heterocycles. The van der Waals surface area contributed by atoms with Crippen LogP contribution in [0, 0.1) is 11.3 Å². The normalized spacial score (nSPS) is 13.1. The van der Waals surface area contributed by atoms with Gasteiger partial charge < -0.3 is 4.57 Å². The molecule has 3 nitrogen and oxygen atoms in total. The van der Waals surface area contributed by atoms with Gasteiger partial charge in [-0.25, -0.2) is 0 Å². The molecule has 26 heavy (non-hydrogen) atoms. The summed E-state index contributed by atoms with van der Waals surface area (Å²) < 4.78 is 2.44. The van der Waals surface area contributed by atoms with Gasteiger partial charge in [-0.15, -0.1) is 0 Å². The first-order valence-corrected chi connectivity index (χ1v) is 9.83. The van der Waals surface area contributed by atoms with Gasteiger partial charge in [0.2, 0.25) is 0 Å². The van der Waals surface area contributed by atoms with Crippen molar-refractivity contribution in [3.8, 4) is 17.3 Å². The van der Waals surface area contributed by atoms with Crippen LogP contribution in [-0.4, -0.2) is 9.55 Å². The second-order valence-corrected chi connectivity index (χ2v) is 7.23. The second kappa shape index (κ2) is 7.33. The van der Waals surface area contributed by atoms with Crippen LogP contribution in [-0.2, 0) is 19.4 Å². The average Bonchev–Trinajstić information content (AvgIpc) is 2.85. The van der Waals surface area contributed by atoms with Gasteiger partial charge in [-0.1, -0.05) is 32.3 Å². The Morgan fingerprint density at radius 1 is 1.19 bits per heavy atom.